The highest BCUT2D eigenvalue weighted by atomic mass is 31.2. The van der Waals surface area contributed by atoms with E-state index in [1.807, 2.05) is 0 Å². The lowest BCUT2D eigenvalue weighted by atomic mass is 10.2. The molecule has 0 atom stereocenters. The van der Waals surface area contributed by atoms with Gasteiger partial charge in [-0.1, -0.05) is 6.92 Å². The van der Waals surface area contributed by atoms with Crippen LogP contribution in [0.3, 0.4) is 0 Å². The van der Waals surface area contributed by atoms with E-state index in [1.54, 1.807) is 6.92 Å². The predicted molar refractivity (Wildman–Crippen MR) is 39.6 cm³/mol. The van der Waals surface area contributed by atoms with E-state index in [9.17, 15) is 9.59 Å². The molecule has 0 fully saturated rings. The molecule has 0 saturated heterocycles. The van der Waals surface area contributed by atoms with Gasteiger partial charge in [0, 0.05) is 13.3 Å². The van der Waals surface area contributed by atoms with Crippen LogP contribution in [0.25, 0.3) is 0 Å². The Morgan fingerprint density at radius 3 is 1.55 bits per heavy atom. The average molecular weight is 182 g/mol. The minimum Gasteiger partial charge on any atom is -0.328 e. The van der Waals surface area contributed by atoms with E-state index in [-0.39, 0.29) is 11.6 Å². The second-order valence-electron chi connectivity index (χ2n) is 1.60. The van der Waals surface area contributed by atoms with Gasteiger partial charge in [-0.15, -0.1) is 0 Å². The molecular weight excluding hydrogens is 171 g/mol. The fourth-order valence-electron chi connectivity index (χ4n) is 0.249. The van der Waals surface area contributed by atoms with Crippen LogP contribution >= 0.6 is 8.60 Å². The summed E-state index contributed by atoms with van der Waals surface area (Å²) in [6.45, 7) is 2.95. The monoisotopic (exact) mass is 182 g/mol. The van der Waals surface area contributed by atoms with Crippen molar-refractivity contribution in [2.24, 2.45) is 0 Å². The van der Waals surface area contributed by atoms with E-state index in [0.717, 1.165) is 0 Å². The van der Waals surface area contributed by atoms with Gasteiger partial charge in [-0.05, 0) is 0 Å². The van der Waals surface area contributed by atoms with Gasteiger partial charge in [-0.2, -0.15) is 0 Å². The van der Waals surface area contributed by atoms with Crippen molar-refractivity contribution >= 4 is 20.2 Å². The lowest BCUT2D eigenvalue weighted by Gasteiger charge is -1.81. The van der Waals surface area contributed by atoms with Gasteiger partial charge in [-0.3, -0.25) is 9.59 Å². The van der Waals surface area contributed by atoms with Crippen LogP contribution in [-0.2, 0) is 9.59 Å². The molecule has 0 aromatic heterocycles. The number of carbonyl (C=O) groups is 2. The van der Waals surface area contributed by atoms with Crippen LogP contribution in [0.15, 0.2) is 0 Å². The van der Waals surface area contributed by atoms with Gasteiger partial charge in [0.1, 0.15) is 0 Å². The standard InChI is InChI=1S/C5H8O2.H3O3P/c1-3-5(7)4(2)6;1-4(2)3/h3H2,1-2H3;1-3H. The van der Waals surface area contributed by atoms with Crippen molar-refractivity contribution in [3.05, 3.63) is 0 Å². The molecule has 0 rings (SSSR count). The largest absolute Gasteiger partial charge is 0.328 e. The zero-order chi connectivity index (χ0) is 9.44. The van der Waals surface area contributed by atoms with Crippen LogP contribution in [0.2, 0.25) is 0 Å². The first kappa shape index (κ1) is 13.3. The van der Waals surface area contributed by atoms with Gasteiger partial charge in [0.25, 0.3) is 0 Å². The smallest absolute Gasteiger partial charge is 0.324 e. The third-order valence-corrected chi connectivity index (χ3v) is 0.714. The molecule has 0 saturated carbocycles. The predicted octanol–water partition coefficient (Wildman–Crippen LogP) is -0.255. The maximum Gasteiger partial charge on any atom is 0.324 e. The minimum atomic E-state index is -2.62. The summed E-state index contributed by atoms with van der Waals surface area (Å²) in [7, 11) is -2.62. The highest BCUT2D eigenvalue weighted by Crippen LogP contribution is 2.11. The molecule has 0 unspecified atom stereocenters. The van der Waals surface area contributed by atoms with E-state index >= 15 is 0 Å². The third kappa shape index (κ3) is 17.7. The zero-order valence-electron chi connectivity index (χ0n) is 6.31. The molecule has 0 spiro atoms. The van der Waals surface area contributed by atoms with Gasteiger partial charge in [-0.25, -0.2) is 0 Å². The summed E-state index contributed by atoms with van der Waals surface area (Å²) >= 11 is 0. The topological polar surface area (TPSA) is 94.8 Å². The van der Waals surface area contributed by atoms with E-state index in [0.29, 0.717) is 6.42 Å². The van der Waals surface area contributed by atoms with Crippen molar-refractivity contribution in [2.45, 2.75) is 20.3 Å². The molecule has 5 nitrogen and oxygen atoms in total. The molecule has 0 aliphatic heterocycles. The summed E-state index contributed by atoms with van der Waals surface area (Å²) in [6, 6.07) is 0. The molecule has 0 aromatic rings. The molecule has 11 heavy (non-hydrogen) atoms. The molecule has 0 heterocycles. The highest BCUT2D eigenvalue weighted by molar-refractivity contribution is 7.38. The van der Waals surface area contributed by atoms with Crippen LogP contribution < -0.4 is 0 Å². The van der Waals surface area contributed by atoms with Gasteiger partial charge in [0.05, 0.1) is 0 Å². The lowest BCUT2D eigenvalue weighted by Crippen LogP contribution is -2.06. The van der Waals surface area contributed by atoms with Crippen LogP contribution in [-0.4, -0.2) is 26.2 Å². The number of Topliss-reactive ketones (excluding diaryl/α,β-unsaturated/α-hetero) is 2. The zero-order valence-corrected chi connectivity index (χ0v) is 7.21. The third-order valence-electron chi connectivity index (χ3n) is 0.714. The van der Waals surface area contributed by atoms with Crippen molar-refractivity contribution in [3.63, 3.8) is 0 Å². The molecular formula is C5H11O5P. The van der Waals surface area contributed by atoms with Crippen LogP contribution in [0.5, 0.6) is 0 Å². The van der Waals surface area contributed by atoms with E-state index in [4.69, 9.17) is 14.7 Å². The summed E-state index contributed by atoms with van der Waals surface area (Å²) in [5.41, 5.74) is 0. The summed E-state index contributed by atoms with van der Waals surface area (Å²) in [4.78, 5) is 41.9. The summed E-state index contributed by atoms with van der Waals surface area (Å²) in [5, 5.41) is 0. The van der Waals surface area contributed by atoms with Gasteiger partial charge < -0.3 is 14.7 Å². The second kappa shape index (κ2) is 7.75. The van der Waals surface area contributed by atoms with Gasteiger partial charge in [0.15, 0.2) is 11.6 Å². The Morgan fingerprint density at radius 2 is 1.55 bits per heavy atom. The quantitative estimate of drug-likeness (QED) is 0.404. The Hall–Kier alpha value is -0.350. The van der Waals surface area contributed by atoms with Gasteiger partial charge >= 0.3 is 8.60 Å². The normalized spacial score (nSPS) is 8.55. The Bertz CT molecular complexity index is 130. The SMILES string of the molecule is CCC(=O)C(C)=O.OP(O)O. The van der Waals surface area contributed by atoms with Crippen LogP contribution in [0.4, 0.5) is 0 Å². The second-order valence-corrected chi connectivity index (χ2v) is 2.14. The Morgan fingerprint density at radius 1 is 1.27 bits per heavy atom. The van der Waals surface area contributed by atoms with Crippen molar-refractivity contribution in [3.8, 4) is 0 Å². The van der Waals surface area contributed by atoms with Crippen LogP contribution in [0.1, 0.15) is 20.3 Å². The van der Waals surface area contributed by atoms with E-state index in [2.05, 4.69) is 0 Å². The lowest BCUT2D eigenvalue weighted by molar-refractivity contribution is -0.135. The number of hydrogen-bond acceptors (Lipinski definition) is 5. The Kier molecular flexibility index (Phi) is 9.34. The number of ketones is 2. The molecule has 0 amide bonds. The fourth-order valence-corrected chi connectivity index (χ4v) is 0.249. The maximum atomic E-state index is 10.2. The molecule has 6 heteroatoms. The molecule has 0 aromatic carbocycles. The van der Waals surface area contributed by atoms with Gasteiger partial charge in [0.2, 0.25) is 0 Å². The van der Waals surface area contributed by atoms with Crippen molar-refractivity contribution in [1.29, 1.82) is 0 Å². The van der Waals surface area contributed by atoms with Crippen molar-refractivity contribution in [2.75, 3.05) is 0 Å². The first-order valence-electron chi connectivity index (χ1n) is 2.82. The Labute approximate surface area is 65.7 Å². The maximum absolute atomic E-state index is 10.2. The van der Waals surface area contributed by atoms with E-state index < -0.39 is 8.60 Å². The highest BCUT2D eigenvalue weighted by Gasteiger charge is 2.00. The first-order valence-corrected chi connectivity index (χ1v) is 4.02. The number of hydrogen-bond donors (Lipinski definition) is 3. The molecule has 66 valence electrons. The molecule has 0 aliphatic carbocycles. The van der Waals surface area contributed by atoms with Crippen molar-refractivity contribution < 1.29 is 24.3 Å². The Balaban J connectivity index is 0. The summed E-state index contributed by atoms with van der Waals surface area (Å²) in [6.07, 6.45) is 0.329. The van der Waals surface area contributed by atoms with Crippen molar-refractivity contribution in [1.82, 2.24) is 0 Å². The molecule has 0 radical (unpaired) electrons. The first-order chi connectivity index (χ1) is 4.91. The average Bonchev–Trinajstić information content (AvgIpc) is 1.85. The number of carbonyl (C=O) groups excluding carboxylic acids is 2. The van der Waals surface area contributed by atoms with E-state index in [1.165, 1.54) is 6.92 Å². The minimum absolute atomic E-state index is 0.292. The summed E-state index contributed by atoms with van der Waals surface area (Å²) in [5.74, 6) is -0.637. The molecule has 0 bridgehead atoms. The molecule has 0 aliphatic rings. The number of rotatable bonds is 2. The summed E-state index contributed by atoms with van der Waals surface area (Å²) < 4.78 is 0. The molecule has 3 N–H and O–H groups in total. The fraction of sp³-hybridized carbons (Fsp3) is 0.600. The van der Waals surface area contributed by atoms with Crippen LogP contribution in [0, 0.1) is 0 Å².